The van der Waals surface area contributed by atoms with Gasteiger partial charge in [-0.1, -0.05) is 29.3 Å². The van der Waals surface area contributed by atoms with E-state index < -0.39 is 22.5 Å². The number of imidazole rings is 1. The second-order valence-corrected chi connectivity index (χ2v) is 5.66. The molecule has 0 saturated carbocycles. The Bertz CT molecular complexity index is 996. The molecule has 2 aromatic heterocycles. The topological polar surface area (TPSA) is 89.6 Å². The maximum atomic E-state index is 12.9. The van der Waals surface area contributed by atoms with Crippen molar-refractivity contribution >= 4 is 40.3 Å². The number of rotatable bonds is 2. The van der Waals surface area contributed by atoms with E-state index >= 15 is 0 Å². The van der Waals surface area contributed by atoms with E-state index in [0.717, 1.165) is 16.7 Å². The van der Waals surface area contributed by atoms with Crippen LogP contribution in [0.5, 0.6) is 0 Å². The van der Waals surface area contributed by atoms with Crippen LogP contribution in [0.15, 0.2) is 23.0 Å². The zero-order valence-electron chi connectivity index (χ0n) is 11.7. The number of alkyl halides is 3. The van der Waals surface area contributed by atoms with E-state index in [2.05, 4.69) is 15.0 Å². The average molecular weight is 378 g/mol. The second-order valence-electron chi connectivity index (χ2n) is 4.90. The Morgan fingerprint density at radius 3 is 2.62 bits per heavy atom. The first-order valence-electron chi connectivity index (χ1n) is 6.44. The normalized spacial score (nSPS) is 12.0. The molecule has 11 heteroatoms. The fourth-order valence-corrected chi connectivity index (χ4v) is 2.67. The average Bonchev–Trinajstić information content (AvgIpc) is 2.77. The Morgan fingerprint density at radius 1 is 1.25 bits per heavy atom. The summed E-state index contributed by atoms with van der Waals surface area (Å²) in [5, 5.41) is -0.479. The molecule has 0 aliphatic rings. The minimum absolute atomic E-state index is 0.0552. The largest absolute Gasteiger partial charge is 0.417 e. The summed E-state index contributed by atoms with van der Waals surface area (Å²) in [6.07, 6.45) is -4.60. The van der Waals surface area contributed by atoms with Crippen molar-refractivity contribution in [3.63, 3.8) is 0 Å². The molecule has 0 aliphatic heterocycles. The molecule has 6 nitrogen and oxygen atoms in total. The molecule has 126 valence electrons. The van der Waals surface area contributed by atoms with Gasteiger partial charge in [-0.15, -0.1) is 0 Å². The van der Waals surface area contributed by atoms with Gasteiger partial charge >= 0.3 is 11.9 Å². The van der Waals surface area contributed by atoms with E-state index in [0.29, 0.717) is 0 Å². The maximum Gasteiger partial charge on any atom is 0.417 e. The fraction of sp³-hybridized carbons (Fsp3) is 0.154. The van der Waals surface area contributed by atoms with Crippen LogP contribution in [0, 0.1) is 0 Å². The third-order valence-corrected chi connectivity index (χ3v) is 3.88. The van der Waals surface area contributed by atoms with E-state index in [1.54, 1.807) is 0 Å². The van der Waals surface area contributed by atoms with Crippen LogP contribution in [0.1, 0.15) is 11.1 Å². The first-order chi connectivity index (χ1) is 11.2. The molecule has 3 rings (SSSR count). The third kappa shape index (κ3) is 2.92. The maximum absolute atomic E-state index is 12.9. The number of nitrogens with one attached hydrogen (secondary N) is 1. The molecule has 0 amide bonds. The first-order valence-corrected chi connectivity index (χ1v) is 7.19. The van der Waals surface area contributed by atoms with Gasteiger partial charge in [-0.3, -0.25) is 4.57 Å². The van der Waals surface area contributed by atoms with Crippen LogP contribution < -0.4 is 11.4 Å². The van der Waals surface area contributed by atoms with E-state index in [9.17, 15) is 18.0 Å². The minimum Gasteiger partial charge on any atom is -0.368 e. The van der Waals surface area contributed by atoms with Gasteiger partial charge in [-0.2, -0.15) is 23.1 Å². The quantitative estimate of drug-likeness (QED) is 0.671. The molecule has 3 aromatic rings. The van der Waals surface area contributed by atoms with Crippen molar-refractivity contribution < 1.29 is 13.2 Å². The number of aromatic nitrogens is 4. The number of halogens is 5. The van der Waals surface area contributed by atoms with Crippen LogP contribution in [0.2, 0.25) is 10.2 Å². The predicted octanol–water partition coefficient (Wildman–Crippen LogP) is 3.08. The molecule has 0 fully saturated rings. The first kappa shape index (κ1) is 16.6. The van der Waals surface area contributed by atoms with Gasteiger partial charge in [0.1, 0.15) is 5.52 Å². The van der Waals surface area contributed by atoms with E-state index in [4.69, 9.17) is 28.9 Å². The number of nitrogens with zero attached hydrogens (tertiary/aromatic N) is 3. The highest BCUT2D eigenvalue weighted by molar-refractivity contribution is 6.33. The van der Waals surface area contributed by atoms with Gasteiger partial charge in [0.25, 0.3) is 0 Å². The molecule has 0 aliphatic carbocycles. The number of aromatic amines is 1. The fourth-order valence-electron chi connectivity index (χ4n) is 2.23. The molecule has 0 spiro atoms. The van der Waals surface area contributed by atoms with Crippen LogP contribution >= 0.6 is 23.2 Å². The van der Waals surface area contributed by atoms with Crippen molar-refractivity contribution in [2.24, 2.45) is 0 Å². The van der Waals surface area contributed by atoms with Crippen molar-refractivity contribution in [3.8, 4) is 0 Å². The van der Waals surface area contributed by atoms with Crippen LogP contribution in [0.3, 0.4) is 0 Å². The number of benzene rings is 1. The predicted molar refractivity (Wildman–Crippen MR) is 83.1 cm³/mol. The number of anilines is 1. The summed E-state index contributed by atoms with van der Waals surface area (Å²) in [6, 6.07) is 3.38. The standard InChI is InChI=1S/C13H8Cl2F3N5O/c14-7-2-1-5(3-6(7)13(16,17)18)4-23-10-8(20-12(23)24)9(15)21-11(19)22-10/h1-3H,4H2,(H,20,24)(H2,19,21,22). The molecule has 0 unspecified atom stereocenters. The minimum atomic E-state index is -4.60. The van der Waals surface area contributed by atoms with Gasteiger partial charge in [0, 0.05) is 0 Å². The molecule has 1 aromatic carbocycles. The third-order valence-electron chi connectivity index (χ3n) is 3.27. The summed E-state index contributed by atoms with van der Waals surface area (Å²) in [5.41, 5.74) is 4.37. The van der Waals surface area contributed by atoms with E-state index in [1.165, 1.54) is 6.07 Å². The van der Waals surface area contributed by atoms with Gasteiger partial charge in [0.05, 0.1) is 17.1 Å². The Hall–Kier alpha value is -2.26. The highest BCUT2D eigenvalue weighted by atomic mass is 35.5. The summed E-state index contributed by atoms with van der Waals surface area (Å²) in [4.78, 5) is 22.1. The number of hydrogen-bond donors (Lipinski definition) is 2. The van der Waals surface area contributed by atoms with Gasteiger partial charge in [0.15, 0.2) is 10.8 Å². The van der Waals surface area contributed by atoms with Crippen LogP contribution in [-0.2, 0) is 12.7 Å². The van der Waals surface area contributed by atoms with E-state index in [1.807, 2.05) is 0 Å². The molecule has 24 heavy (non-hydrogen) atoms. The van der Waals surface area contributed by atoms with Crippen molar-refractivity contribution in [1.29, 1.82) is 0 Å². The summed E-state index contributed by atoms with van der Waals surface area (Å²) in [6.45, 7) is -0.175. The van der Waals surface area contributed by atoms with Gasteiger partial charge in [-0.25, -0.2) is 4.79 Å². The lowest BCUT2D eigenvalue weighted by Gasteiger charge is -2.11. The molecule has 0 saturated heterocycles. The molecule has 0 radical (unpaired) electrons. The number of hydrogen-bond acceptors (Lipinski definition) is 4. The van der Waals surface area contributed by atoms with Gasteiger partial charge in [0.2, 0.25) is 5.95 Å². The summed E-state index contributed by atoms with van der Waals surface area (Å²) >= 11 is 11.5. The Labute approximate surface area is 142 Å². The highest BCUT2D eigenvalue weighted by Crippen LogP contribution is 2.35. The van der Waals surface area contributed by atoms with Crippen molar-refractivity contribution in [1.82, 2.24) is 19.5 Å². The lowest BCUT2D eigenvalue weighted by molar-refractivity contribution is -0.137. The summed E-state index contributed by atoms with van der Waals surface area (Å²) in [7, 11) is 0. The SMILES string of the molecule is Nc1nc(Cl)c2[nH]c(=O)n(Cc3ccc(Cl)c(C(F)(F)F)c3)c2n1. The van der Waals surface area contributed by atoms with Crippen molar-refractivity contribution in [3.05, 3.63) is 50.0 Å². The molecule has 0 atom stereocenters. The number of H-pyrrole nitrogens is 1. The molecule has 3 N–H and O–H groups in total. The molecular weight excluding hydrogens is 370 g/mol. The lowest BCUT2D eigenvalue weighted by atomic mass is 10.1. The van der Waals surface area contributed by atoms with Gasteiger partial charge in [-0.05, 0) is 17.7 Å². The van der Waals surface area contributed by atoms with Gasteiger partial charge < -0.3 is 10.7 Å². The van der Waals surface area contributed by atoms with Crippen LogP contribution in [-0.4, -0.2) is 19.5 Å². The summed E-state index contributed by atoms with van der Waals surface area (Å²) < 4.78 is 39.9. The monoisotopic (exact) mass is 377 g/mol. The Kier molecular flexibility index (Phi) is 3.92. The number of fused-ring (bicyclic) bond motifs is 1. The van der Waals surface area contributed by atoms with Crippen molar-refractivity contribution in [2.45, 2.75) is 12.7 Å². The number of nitrogen functional groups attached to an aromatic ring is 1. The zero-order chi connectivity index (χ0) is 17.6. The lowest BCUT2D eigenvalue weighted by Crippen LogP contribution is -2.18. The van der Waals surface area contributed by atoms with E-state index in [-0.39, 0.29) is 34.4 Å². The van der Waals surface area contributed by atoms with Crippen molar-refractivity contribution in [2.75, 3.05) is 5.73 Å². The Balaban J connectivity index is 2.11. The zero-order valence-corrected chi connectivity index (χ0v) is 13.2. The highest BCUT2D eigenvalue weighted by Gasteiger charge is 2.33. The molecule has 2 heterocycles. The Morgan fingerprint density at radius 2 is 1.96 bits per heavy atom. The second kappa shape index (κ2) is 5.67. The van der Waals surface area contributed by atoms with Crippen LogP contribution in [0.4, 0.5) is 19.1 Å². The molecule has 0 bridgehead atoms. The molecular formula is C13H8Cl2F3N5O. The summed E-state index contributed by atoms with van der Waals surface area (Å²) in [5.74, 6) is -0.160. The smallest absolute Gasteiger partial charge is 0.368 e. The van der Waals surface area contributed by atoms with Crippen LogP contribution in [0.25, 0.3) is 11.2 Å². The number of nitrogens with two attached hydrogens (primary N) is 1.